The minimum absolute atomic E-state index is 0.0139. The van der Waals surface area contributed by atoms with Gasteiger partial charge in [-0.1, -0.05) is 0 Å². The quantitative estimate of drug-likeness (QED) is 0.803. The predicted molar refractivity (Wildman–Crippen MR) is 73.2 cm³/mol. The number of ether oxygens (including phenoxy) is 3. The molecule has 1 saturated carbocycles. The second kappa shape index (κ2) is 7.10. The summed E-state index contributed by atoms with van der Waals surface area (Å²) >= 11 is 0. The molecule has 5 nitrogen and oxygen atoms in total. The van der Waals surface area contributed by atoms with Gasteiger partial charge in [-0.05, 0) is 46.5 Å². The van der Waals surface area contributed by atoms with E-state index in [-0.39, 0.29) is 24.3 Å². The molecule has 3 unspecified atom stereocenters. The van der Waals surface area contributed by atoms with E-state index < -0.39 is 5.60 Å². The Morgan fingerprint density at radius 3 is 2.21 bits per heavy atom. The number of methoxy groups -OCH3 is 2. The fourth-order valence-corrected chi connectivity index (χ4v) is 2.39. The van der Waals surface area contributed by atoms with Gasteiger partial charge in [-0.25, -0.2) is 4.79 Å². The summed E-state index contributed by atoms with van der Waals surface area (Å²) in [5.41, 5.74) is -0.480. The molecule has 0 aromatic rings. The van der Waals surface area contributed by atoms with E-state index in [1.807, 2.05) is 20.8 Å². The zero-order chi connectivity index (χ0) is 14.5. The normalized spacial score (nSPS) is 28.6. The van der Waals surface area contributed by atoms with Crippen molar-refractivity contribution in [2.24, 2.45) is 0 Å². The van der Waals surface area contributed by atoms with Gasteiger partial charge in [0, 0.05) is 14.2 Å². The Morgan fingerprint density at radius 2 is 1.68 bits per heavy atom. The highest BCUT2D eigenvalue weighted by atomic mass is 16.6. The van der Waals surface area contributed by atoms with Gasteiger partial charge in [0.15, 0.2) is 0 Å². The zero-order valence-electron chi connectivity index (χ0n) is 12.7. The molecule has 1 aliphatic rings. The Bertz CT molecular complexity index is 288. The van der Waals surface area contributed by atoms with E-state index in [9.17, 15) is 4.79 Å². The maximum absolute atomic E-state index is 11.8. The van der Waals surface area contributed by atoms with Gasteiger partial charge in [0.25, 0.3) is 0 Å². The van der Waals surface area contributed by atoms with E-state index in [2.05, 4.69) is 5.32 Å². The van der Waals surface area contributed by atoms with Gasteiger partial charge in [-0.2, -0.15) is 0 Å². The molecule has 0 spiro atoms. The molecule has 3 atom stereocenters. The first-order valence-corrected chi connectivity index (χ1v) is 6.91. The summed E-state index contributed by atoms with van der Waals surface area (Å²) < 4.78 is 16.2. The maximum Gasteiger partial charge on any atom is 0.407 e. The minimum atomic E-state index is -0.480. The highest BCUT2D eigenvalue weighted by Crippen LogP contribution is 2.22. The Hall–Kier alpha value is -0.810. The molecule has 1 N–H and O–H groups in total. The van der Waals surface area contributed by atoms with Gasteiger partial charge >= 0.3 is 6.09 Å². The Morgan fingerprint density at radius 1 is 1.05 bits per heavy atom. The Kier molecular flexibility index (Phi) is 6.07. The van der Waals surface area contributed by atoms with Crippen molar-refractivity contribution in [3.63, 3.8) is 0 Å². The molecule has 0 aromatic carbocycles. The lowest BCUT2D eigenvalue weighted by Gasteiger charge is -2.27. The van der Waals surface area contributed by atoms with Gasteiger partial charge in [0.2, 0.25) is 0 Å². The van der Waals surface area contributed by atoms with Crippen LogP contribution in [-0.4, -0.2) is 44.2 Å². The first-order chi connectivity index (χ1) is 8.85. The fraction of sp³-hybridized carbons (Fsp3) is 0.929. The van der Waals surface area contributed by atoms with E-state index in [1.54, 1.807) is 14.2 Å². The van der Waals surface area contributed by atoms with Crippen molar-refractivity contribution in [3.8, 4) is 0 Å². The first-order valence-electron chi connectivity index (χ1n) is 6.91. The SMILES string of the molecule is COC1CCC(NC(=O)OC(C)(C)C)C(OC)CC1. The molecule has 0 aliphatic heterocycles. The number of nitrogens with one attached hydrogen (secondary N) is 1. The molecular formula is C14H27NO4. The lowest BCUT2D eigenvalue weighted by atomic mass is 10.1. The molecule has 1 fully saturated rings. The van der Waals surface area contributed by atoms with Crippen LogP contribution in [0.3, 0.4) is 0 Å². The third-order valence-corrected chi connectivity index (χ3v) is 3.36. The van der Waals surface area contributed by atoms with Crippen LogP contribution in [0.1, 0.15) is 46.5 Å². The van der Waals surface area contributed by atoms with Gasteiger partial charge in [-0.15, -0.1) is 0 Å². The highest BCUT2D eigenvalue weighted by molar-refractivity contribution is 5.68. The molecule has 112 valence electrons. The number of amides is 1. The van der Waals surface area contributed by atoms with Crippen LogP contribution >= 0.6 is 0 Å². The van der Waals surface area contributed by atoms with E-state index in [4.69, 9.17) is 14.2 Å². The molecular weight excluding hydrogens is 246 g/mol. The minimum Gasteiger partial charge on any atom is -0.444 e. The van der Waals surface area contributed by atoms with Crippen molar-refractivity contribution < 1.29 is 19.0 Å². The monoisotopic (exact) mass is 273 g/mol. The molecule has 0 aromatic heterocycles. The lowest BCUT2D eigenvalue weighted by molar-refractivity contribution is 0.0311. The smallest absolute Gasteiger partial charge is 0.407 e. The van der Waals surface area contributed by atoms with Gasteiger partial charge in [-0.3, -0.25) is 0 Å². The first kappa shape index (κ1) is 16.2. The summed E-state index contributed by atoms with van der Waals surface area (Å²) in [6.07, 6.45) is 3.51. The number of hydrogen-bond donors (Lipinski definition) is 1. The van der Waals surface area contributed by atoms with Gasteiger partial charge in [0.1, 0.15) is 5.60 Å². The molecule has 0 heterocycles. The van der Waals surface area contributed by atoms with Crippen LogP contribution in [-0.2, 0) is 14.2 Å². The van der Waals surface area contributed by atoms with Crippen LogP contribution < -0.4 is 5.32 Å². The fourth-order valence-electron chi connectivity index (χ4n) is 2.39. The number of alkyl carbamates (subject to hydrolysis) is 1. The zero-order valence-corrected chi connectivity index (χ0v) is 12.7. The van der Waals surface area contributed by atoms with Crippen molar-refractivity contribution in [1.82, 2.24) is 5.32 Å². The summed E-state index contributed by atoms with van der Waals surface area (Å²) in [5, 5.41) is 2.92. The van der Waals surface area contributed by atoms with Gasteiger partial charge < -0.3 is 19.5 Å². The van der Waals surface area contributed by atoms with Crippen LogP contribution in [0, 0.1) is 0 Å². The maximum atomic E-state index is 11.8. The third-order valence-electron chi connectivity index (χ3n) is 3.36. The van der Waals surface area contributed by atoms with Crippen molar-refractivity contribution >= 4 is 6.09 Å². The molecule has 0 radical (unpaired) electrons. The lowest BCUT2D eigenvalue weighted by Crippen LogP contribution is -2.45. The van der Waals surface area contributed by atoms with Crippen LogP contribution in [0.25, 0.3) is 0 Å². The van der Waals surface area contributed by atoms with Crippen molar-refractivity contribution in [2.75, 3.05) is 14.2 Å². The number of rotatable bonds is 3. The average Bonchev–Trinajstić information content (AvgIpc) is 2.48. The second-order valence-electron chi connectivity index (χ2n) is 6.04. The van der Waals surface area contributed by atoms with Gasteiger partial charge in [0.05, 0.1) is 18.2 Å². The van der Waals surface area contributed by atoms with E-state index in [0.29, 0.717) is 0 Å². The Labute approximate surface area is 116 Å². The van der Waals surface area contributed by atoms with Crippen LogP contribution in [0.4, 0.5) is 4.79 Å². The van der Waals surface area contributed by atoms with E-state index in [1.165, 1.54) is 0 Å². The summed E-state index contributed by atoms with van der Waals surface area (Å²) in [7, 11) is 3.41. The van der Waals surface area contributed by atoms with E-state index in [0.717, 1.165) is 25.7 Å². The van der Waals surface area contributed by atoms with E-state index >= 15 is 0 Å². The number of carbonyl (C=O) groups excluding carboxylic acids is 1. The topological polar surface area (TPSA) is 56.8 Å². The third kappa shape index (κ3) is 5.78. The number of carbonyl (C=O) groups is 1. The summed E-state index contributed by atoms with van der Waals surface area (Å²) in [6, 6.07) is -0.0139. The summed E-state index contributed by atoms with van der Waals surface area (Å²) in [4.78, 5) is 11.8. The second-order valence-corrected chi connectivity index (χ2v) is 6.04. The van der Waals surface area contributed by atoms with Crippen LogP contribution in [0.2, 0.25) is 0 Å². The molecule has 1 aliphatic carbocycles. The Balaban J connectivity index is 2.55. The largest absolute Gasteiger partial charge is 0.444 e. The van der Waals surface area contributed by atoms with Crippen molar-refractivity contribution in [2.45, 2.75) is 70.3 Å². The summed E-state index contributed by atoms with van der Waals surface area (Å²) in [6.45, 7) is 5.57. The summed E-state index contributed by atoms with van der Waals surface area (Å²) in [5.74, 6) is 0. The molecule has 1 rings (SSSR count). The predicted octanol–water partition coefficient (Wildman–Crippen LogP) is 2.48. The van der Waals surface area contributed by atoms with Crippen molar-refractivity contribution in [1.29, 1.82) is 0 Å². The van der Waals surface area contributed by atoms with Crippen LogP contribution in [0.15, 0.2) is 0 Å². The number of hydrogen-bond acceptors (Lipinski definition) is 4. The molecule has 0 saturated heterocycles. The standard InChI is InChI=1S/C14H27NO4/c1-14(2,3)19-13(16)15-11-8-6-10(17-4)7-9-12(11)18-5/h10-12H,6-9H2,1-5H3,(H,15,16). The molecule has 1 amide bonds. The molecule has 0 bridgehead atoms. The highest BCUT2D eigenvalue weighted by Gasteiger charge is 2.29. The molecule has 5 heteroatoms. The van der Waals surface area contributed by atoms with Crippen LogP contribution in [0.5, 0.6) is 0 Å². The molecule has 19 heavy (non-hydrogen) atoms. The average molecular weight is 273 g/mol. The van der Waals surface area contributed by atoms with Crippen molar-refractivity contribution in [3.05, 3.63) is 0 Å².